The van der Waals surface area contributed by atoms with Crippen LogP contribution in [0.3, 0.4) is 0 Å². The van der Waals surface area contributed by atoms with Crippen LogP contribution in [0.25, 0.3) is 0 Å². The molecule has 0 heterocycles. The number of hydrogen-bond acceptors (Lipinski definition) is 8. The summed E-state index contributed by atoms with van der Waals surface area (Å²) in [5.41, 5.74) is 1.13. The third-order valence-electron chi connectivity index (χ3n) is 3.69. The Morgan fingerprint density at radius 3 is 2.15 bits per heavy atom. The van der Waals surface area contributed by atoms with E-state index in [4.69, 9.17) is 19.2 Å². The third-order valence-corrected chi connectivity index (χ3v) is 3.69. The maximum Gasteiger partial charge on any atom is 0.261 e. The van der Waals surface area contributed by atoms with Gasteiger partial charge in [0.2, 0.25) is 11.5 Å². The number of aromatic hydroxyl groups is 4. The standard InChI is InChI=1S/C18H22O8/c1-23-7-5-11-9-14(20)17(22)15(10-11)25-26-18-13(19)4-3-12(16(18)21)6-8-24-2/h3-4,9-10,19-22H,5-8H2,1-2H3. The zero-order chi connectivity index (χ0) is 19.1. The fraction of sp³-hybridized carbons (Fsp3) is 0.333. The molecule has 0 spiro atoms. The van der Waals surface area contributed by atoms with Crippen LogP contribution in [-0.4, -0.2) is 47.9 Å². The van der Waals surface area contributed by atoms with E-state index >= 15 is 0 Å². The van der Waals surface area contributed by atoms with E-state index in [0.717, 1.165) is 0 Å². The highest BCUT2D eigenvalue weighted by molar-refractivity contribution is 5.55. The number of benzene rings is 2. The van der Waals surface area contributed by atoms with Crippen molar-refractivity contribution < 1.29 is 39.7 Å². The normalized spacial score (nSPS) is 10.7. The van der Waals surface area contributed by atoms with Gasteiger partial charge in [-0.1, -0.05) is 6.07 Å². The van der Waals surface area contributed by atoms with Crippen molar-refractivity contribution in [2.45, 2.75) is 12.8 Å². The number of rotatable bonds is 9. The molecule has 0 radical (unpaired) electrons. The van der Waals surface area contributed by atoms with Gasteiger partial charge in [-0.3, -0.25) is 9.78 Å². The summed E-state index contributed by atoms with van der Waals surface area (Å²) in [6.45, 7) is 0.780. The topological polar surface area (TPSA) is 118 Å². The van der Waals surface area contributed by atoms with Crippen molar-refractivity contribution >= 4 is 0 Å². The second-order valence-corrected chi connectivity index (χ2v) is 5.54. The highest BCUT2D eigenvalue weighted by atomic mass is 17.2. The molecule has 2 aromatic carbocycles. The second kappa shape index (κ2) is 9.02. The minimum atomic E-state index is -0.527. The number of methoxy groups -OCH3 is 2. The van der Waals surface area contributed by atoms with Crippen molar-refractivity contribution in [3.63, 3.8) is 0 Å². The van der Waals surface area contributed by atoms with Gasteiger partial charge in [0.05, 0.1) is 13.2 Å². The molecule has 2 rings (SSSR count). The predicted molar refractivity (Wildman–Crippen MR) is 92.0 cm³/mol. The Morgan fingerprint density at radius 1 is 0.769 bits per heavy atom. The monoisotopic (exact) mass is 366 g/mol. The minimum Gasteiger partial charge on any atom is -0.504 e. The average molecular weight is 366 g/mol. The van der Waals surface area contributed by atoms with Crippen molar-refractivity contribution in [1.82, 2.24) is 0 Å². The number of hydrogen-bond donors (Lipinski definition) is 4. The van der Waals surface area contributed by atoms with Crippen molar-refractivity contribution in [2.75, 3.05) is 27.4 Å². The predicted octanol–water partition coefficient (Wildman–Crippen LogP) is 2.26. The molecule has 0 amide bonds. The zero-order valence-electron chi connectivity index (χ0n) is 14.6. The third kappa shape index (κ3) is 4.62. The molecule has 0 fully saturated rings. The first kappa shape index (κ1) is 19.5. The molecule has 0 aliphatic carbocycles. The number of ether oxygens (including phenoxy) is 2. The van der Waals surface area contributed by atoms with Crippen LogP contribution in [0.2, 0.25) is 0 Å². The van der Waals surface area contributed by atoms with E-state index in [2.05, 4.69) is 0 Å². The molecule has 8 heteroatoms. The van der Waals surface area contributed by atoms with Gasteiger partial charge in [-0.15, -0.1) is 0 Å². The molecule has 0 saturated heterocycles. The largest absolute Gasteiger partial charge is 0.504 e. The molecule has 4 N–H and O–H groups in total. The molecule has 0 aliphatic heterocycles. The molecular formula is C18H22O8. The Kier molecular flexibility index (Phi) is 6.76. The van der Waals surface area contributed by atoms with E-state index in [1.165, 1.54) is 31.4 Å². The van der Waals surface area contributed by atoms with E-state index in [0.29, 0.717) is 37.2 Å². The lowest BCUT2D eigenvalue weighted by Gasteiger charge is -2.13. The van der Waals surface area contributed by atoms with Crippen LogP contribution >= 0.6 is 0 Å². The van der Waals surface area contributed by atoms with Gasteiger partial charge >= 0.3 is 0 Å². The average Bonchev–Trinajstić information content (AvgIpc) is 2.62. The molecule has 0 aromatic heterocycles. The highest BCUT2D eigenvalue weighted by Crippen LogP contribution is 2.41. The molecule has 2 aromatic rings. The van der Waals surface area contributed by atoms with E-state index in [9.17, 15) is 20.4 Å². The fourth-order valence-corrected chi connectivity index (χ4v) is 2.26. The summed E-state index contributed by atoms with van der Waals surface area (Å²) >= 11 is 0. The van der Waals surface area contributed by atoms with Crippen molar-refractivity contribution in [1.29, 1.82) is 0 Å². The lowest BCUT2D eigenvalue weighted by Crippen LogP contribution is -2.04. The van der Waals surface area contributed by atoms with Crippen molar-refractivity contribution in [3.05, 3.63) is 35.4 Å². The summed E-state index contributed by atoms with van der Waals surface area (Å²) in [5.74, 6) is -2.04. The summed E-state index contributed by atoms with van der Waals surface area (Å²) in [6, 6.07) is 5.71. The van der Waals surface area contributed by atoms with Crippen LogP contribution in [0.15, 0.2) is 24.3 Å². The maximum atomic E-state index is 10.2. The summed E-state index contributed by atoms with van der Waals surface area (Å²) in [6.07, 6.45) is 0.876. The Balaban J connectivity index is 2.21. The van der Waals surface area contributed by atoms with Gasteiger partial charge in [0.25, 0.3) is 5.75 Å². The SMILES string of the molecule is COCCc1cc(O)c(O)c(OOc2c(O)ccc(CCOC)c2O)c1. The van der Waals surface area contributed by atoms with E-state index < -0.39 is 5.75 Å². The first-order valence-electron chi connectivity index (χ1n) is 7.89. The van der Waals surface area contributed by atoms with Crippen LogP contribution in [-0.2, 0) is 22.3 Å². The minimum absolute atomic E-state index is 0.169. The number of phenols is 4. The second-order valence-electron chi connectivity index (χ2n) is 5.54. The van der Waals surface area contributed by atoms with Gasteiger partial charge < -0.3 is 29.9 Å². The quantitative estimate of drug-likeness (QED) is 0.303. The van der Waals surface area contributed by atoms with Gasteiger partial charge in [-0.2, -0.15) is 0 Å². The van der Waals surface area contributed by atoms with Crippen LogP contribution < -0.4 is 9.78 Å². The van der Waals surface area contributed by atoms with Crippen LogP contribution in [0.4, 0.5) is 0 Å². The van der Waals surface area contributed by atoms with Crippen molar-refractivity contribution in [3.8, 4) is 34.5 Å². The van der Waals surface area contributed by atoms with Crippen molar-refractivity contribution in [2.24, 2.45) is 0 Å². The highest BCUT2D eigenvalue weighted by Gasteiger charge is 2.18. The Labute approximate surface area is 150 Å². The first-order chi connectivity index (χ1) is 12.5. The van der Waals surface area contributed by atoms with Crippen LogP contribution in [0.1, 0.15) is 11.1 Å². The maximum absolute atomic E-state index is 10.2. The van der Waals surface area contributed by atoms with E-state index in [1.54, 1.807) is 7.11 Å². The molecular weight excluding hydrogens is 344 g/mol. The molecule has 0 saturated carbocycles. The molecule has 8 nitrogen and oxygen atoms in total. The Hall–Kier alpha value is -2.84. The summed E-state index contributed by atoms with van der Waals surface area (Å²) in [5, 5.41) is 39.8. The summed E-state index contributed by atoms with van der Waals surface area (Å²) in [7, 11) is 3.08. The van der Waals surface area contributed by atoms with Crippen LogP contribution in [0, 0.1) is 0 Å². The zero-order valence-corrected chi connectivity index (χ0v) is 14.6. The van der Waals surface area contributed by atoms with E-state index in [-0.39, 0.29) is 28.7 Å². The molecule has 0 aliphatic rings. The molecule has 26 heavy (non-hydrogen) atoms. The van der Waals surface area contributed by atoms with Gasteiger partial charge in [0, 0.05) is 19.8 Å². The molecule has 0 unspecified atom stereocenters. The molecule has 142 valence electrons. The lowest BCUT2D eigenvalue weighted by atomic mass is 10.1. The van der Waals surface area contributed by atoms with Gasteiger partial charge in [-0.05, 0) is 36.6 Å². The van der Waals surface area contributed by atoms with Crippen LogP contribution in [0.5, 0.6) is 34.5 Å². The molecule has 0 atom stereocenters. The number of phenolic OH excluding ortho intramolecular Hbond substituents is 4. The lowest BCUT2D eigenvalue weighted by molar-refractivity contribution is -0.105. The van der Waals surface area contributed by atoms with Gasteiger partial charge in [0.15, 0.2) is 17.2 Å². The Morgan fingerprint density at radius 2 is 1.46 bits per heavy atom. The first-order valence-corrected chi connectivity index (χ1v) is 7.89. The molecule has 0 bridgehead atoms. The summed E-state index contributed by atoms with van der Waals surface area (Å²) < 4.78 is 9.93. The fourth-order valence-electron chi connectivity index (χ4n) is 2.26. The summed E-state index contributed by atoms with van der Waals surface area (Å²) in [4.78, 5) is 10.1. The smallest absolute Gasteiger partial charge is 0.261 e. The van der Waals surface area contributed by atoms with E-state index in [1.807, 2.05) is 0 Å². The Bertz CT molecular complexity index is 744. The van der Waals surface area contributed by atoms with Gasteiger partial charge in [-0.25, -0.2) is 0 Å². The van der Waals surface area contributed by atoms with Gasteiger partial charge in [0.1, 0.15) is 0 Å².